The van der Waals surface area contributed by atoms with E-state index in [1.54, 1.807) is 18.4 Å². The predicted molar refractivity (Wildman–Crippen MR) is 118 cm³/mol. The maximum atomic E-state index is 13.1. The maximum absolute atomic E-state index is 13.1. The van der Waals surface area contributed by atoms with Gasteiger partial charge in [0.05, 0.1) is 5.41 Å². The lowest BCUT2D eigenvalue weighted by Crippen LogP contribution is -2.54. The molecule has 2 amide bonds. The lowest BCUT2D eigenvalue weighted by Gasteiger charge is -2.42. The molecule has 1 aliphatic heterocycles. The van der Waals surface area contributed by atoms with Crippen molar-refractivity contribution >= 4 is 23.2 Å². The van der Waals surface area contributed by atoms with Crippen LogP contribution in [0.5, 0.6) is 0 Å². The van der Waals surface area contributed by atoms with E-state index in [-0.39, 0.29) is 17.7 Å². The average molecular weight is 411 g/mol. The van der Waals surface area contributed by atoms with Crippen LogP contribution in [0.4, 0.5) is 0 Å². The van der Waals surface area contributed by atoms with Crippen molar-refractivity contribution in [1.29, 1.82) is 0 Å². The Bertz CT molecular complexity index is 858. The van der Waals surface area contributed by atoms with Gasteiger partial charge in [0.25, 0.3) is 0 Å². The largest absolute Gasteiger partial charge is 0.359 e. The summed E-state index contributed by atoms with van der Waals surface area (Å²) in [6.45, 7) is 1.31. The van der Waals surface area contributed by atoms with Crippen LogP contribution in [0.2, 0.25) is 0 Å². The normalized spacial score (nSPS) is 22.6. The molecule has 0 bridgehead atoms. The average Bonchev–Trinajstić information content (AvgIpc) is 3.47. The van der Waals surface area contributed by atoms with Crippen LogP contribution in [0.1, 0.15) is 44.1 Å². The summed E-state index contributed by atoms with van der Waals surface area (Å²) in [7, 11) is 1.72. The molecule has 2 aromatic rings. The smallest absolute Gasteiger partial charge is 0.228 e. The molecule has 1 saturated heterocycles. The van der Waals surface area contributed by atoms with Gasteiger partial charge in [0, 0.05) is 30.9 Å². The van der Waals surface area contributed by atoms with E-state index in [0.717, 1.165) is 45.1 Å². The third-order valence-corrected chi connectivity index (χ3v) is 7.54. The summed E-state index contributed by atoms with van der Waals surface area (Å²) in [6.07, 6.45) is 6.67. The van der Waals surface area contributed by atoms with Gasteiger partial charge < -0.3 is 10.2 Å². The molecule has 0 spiro atoms. The molecule has 1 aromatic carbocycles. The summed E-state index contributed by atoms with van der Waals surface area (Å²) in [5, 5.41) is 4.99. The van der Waals surface area contributed by atoms with Gasteiger partial charge in [-0.3, -0.25) is 9.59 Å². The summed E-state index contributed by atoms with van der Waals surface area (Å²) < 4.78 is 0. The molecule has 1 aromatic heterocycles. The molecule has 2 aliphatic rings. The number of nitrogens with zero attached hydrogens (tertiary/aromatic N) is 1. The third kappa shape index (κ3) is 4.11. The summed E-state index contributed by atoms with van der Waals surface area (Å²) in [4.78, 5) is 29.4. The fraction of sp³-hybridized carbons (Fsp3) is 0.500. The number of rotatable bonds is 5. The van der Waals surface area contributed by atoms with Gasteiger partial charge in [0.15, 0.2) is 0 Å². The lowest BCUT2D eigenvalue weighted by atomic mass is 9.73. The predicted octanol–water partition coefficient (Wildman–Crippen LogP) is 4.50. The van der Waals surface area contributed by atoms with Gasteiger partial charge in [-0.2, -0.15) is 0 Å². The Balaban J connectivity index is 1.63. The number of carbonyl (C=O) groups is 2. The van der Waals surface area contributed by atoms with Crippen LogP contribution in [0, 0.1) is 11.3 Å². The summed E-state index contributed by atoms with van der Waals surface area (Å²) in [5.74, 6) is 0.485. The van der Waals surface area contributed by atoms with E-state index >= 15 is 0 Å². The molecular formula is C24H30N2O2S. The van der Waals surface area contributed by atoms with Crippen LogP contribution in [0.25, 0.3) is 10.4 Å². The Hall–Kier alpha value is -2.14. The number of piperidine rings is 1. The molecule has 1 atom stereocenters. The Labute approximate surface area is 177 Å². The zero-order valence-electron chi connectivity index (χ0n) is 17.2. The number of nitrogens with one attached hydrogen (secondary N) is 1. The first-order chi connectivity index (χ1) is 14.1. The number of likely N-dealkylation sites (tertiary alicyclic amines) is 1. The number of thiophene rings is 1. The molecule has 1 aliphatic carbocycles. The Morgan fingerprint density at radius 3 is 2.66 bits per heavy atom. The van der Waals surface area contributed by atoms with E-state index in [1.165, 1.54) is 16.0 Å². The fourth-order valence-electron chi connectivity index (χ4n) is 5.14. The van der Waals surface area contributed by atoms with Crippen molar-refractivity contribution in [3.63, 3.8) is 0 Å². The van der Waals surface area contributed by atoms with E-state index in [0.29, 0.717) is 13.0 Å². The van der Waals surface area contributed by atoms with Crippen LogP contribution >= 0.6 is 11.3 Å². The monoisotopic (exact) mass is 410 g/mol. The van der Waals surface area contributed by atoms with Crippen molar-refractivity contribution in [2.75, 3.05) is 20.1 Å². The van der Waals surface area contributed by atoms with Crippen LogP contribution in [-0.2, 0) is 16.0 Å². The Morgan fingerprint density at radius 1 is 1.14 bits per heavy atom. The van der Waals surface area contributed by atoms with Crippen LogP contribution < -0.4 is 5.32 Å². The van der Waals surface area contributed by atoms with Crippen LogP contribution in [0.3, 0.4) is 0 Å². The molecule has 0 radical (unpaired) electrons. The van der Waals surface area contributed by atoms with Crippen LogP contribution in [0.15, 0.2) is 41.8 Å². The zero-order chi connectivity index (χ0) is 20.3. The summed E-state index contributed by atoms with van der Waals surface area (Å²) in [5.41, 5.74) is 1.83. The lowest BCUT2D eigenvalue weighted by molar-refractivity contribution is -0.144. The second-order valence-electron chi connectivity index (χ2n) is 8.52. The van der Waals surface area contributed by atoms with Gasteiger partial charge in [0.1, 0.15) is 0 Å². The number of amides is 2. The molecular weight excluding hydrogens is 380 g/mol. The summed E-state index contributed by atoms with van der Waals surface area (Å²) >= 11 is 1.72. The summed E-state index contributed by atoms with van der Waals surface area (Å²) in [6, 6.07) is 12.6. The van der Waals surface area contributed by atoms with Gasteiger partial charge in [-0.25, -0.2) is 0 Å². The van der Waals surface area contributed by atoms with Gasteiger partial charge in [-0.05, 0) is 54.7 Å². The Morgan fingerprint density at radius 2 is 1.93 bits per heavy atom. The molecule has 2 heterocycles. The quantitative estimate of drug-likeness (QED) is 0.789. The number of benzene rings is 1. The number of hydrogen-bond donors (Lipinski definition) is 1. The van der Waals surface area contributed by atoms with Crippen molar-refractivity contribution in [3.05, 3.63) is 47.3 Å². The van der Waals surface area contributed by atoms with Gasteiger partial charge >= 0.3 is 0 Å². The van der Waals surface area contributed by atoms with Crippen LogP contribution in [-0.4, -0.2) is 36.9 Å². The maximum Gasteiger partial charge on any atom is 0.228 e. The van der Waals surface area contributed by atoms with Gasteiger partial charge in [-0.1, -0.05) is 43.2 Å². The molecule has 154 valence electrons. The zero-order valence-corrected chi connectivity index (χ0v) is 18.0. The first-order valence-corrected chi connectivity index (χ1v) is 11.6. The highest BCUT2D eigenvalue weighted by Crippen LogP contribution is 2.39. The molecule has 4 nitrogen and oxygen atoms in total. The topological polar surface area (TPSA) is 49.4 Å². The molecule has 29 heavy (non-hydrogen) atoms. The molecule has 1 N–H and O–H groups in total. The second-order valence-corrected chi connectivity index (χ2v) is 9.46. The standard InChI is InChI=1S/C24H30N2O2S/c1-25-23(28)24(13-7-14-26(17-24)22(27)18-8-2-3-9-18)16-19-10-4-5-11-20(19)21-12-6-15-29-21/h4-6,10-12,15,18H,2-3,7-9,13-14,16-17H2,1H3,(H,25,28). The Kier molecular flexibility index (Phi) is 6.04. The van der Waals surface area contributed by atoms with Crippen molar-refractivity contribution in [3.8, 4) is 10.4 Å². The van der Waals surface area contributed by atoms with Crippen molar-refractivity contribution in [2.24, 2.45) is 11.3 Å². The van der Waals surface area contributed by atoms with E-state index < -0.39 is 5.41 Å². The van der Waals surface area contributed by atoms with E-state index in [9.17, 15) is 9.59 Å². The first-order valence-electron chi connectivity index (χ1n) is 10.8. The van der Waals surface area contributed by atoms with Gasteiger partial charge in [0.2, 0.25) is 11.8 Å². The number of hydrogen-bond acceptors (Lipinski definition) is 3. The number of carbonyl (C=O) groups excluding carboxylic acids is 2. The highest BCUT2D eigenvalue weighted by Gasteiger charge is 2.44. The van der Waals surface area contributed by atoms with E-state index in [1.807, 2.05) is 11.0 Å². The minimum Gasteiger partial charge on any atom is -0.359 e. The minimum absolute atomic E-state index is 0.0578. The van der Waals surface area contributed by atoms with Gasteiger partial charge in [-0.15, -0.1) is 11.3 Å². The molecule has 1 unspecified atom stereocenters. The van der Waals surface area contributed by atoms with E-state index in [4.69, 9.17) is 0 Å². The third-order valence-electron chi connectivity index (χ3n) is 6.63. The second kappa shape index (κ2) is 8.70. The molecule has 1 saturated carbocycles. The molecule has 5 heteroatoms. The van der Waals surface area contributed by atoms with Crippen molar-refractivity contribution in [1.82, 2.24) is 10.2 Å². The minimum atomic E-state index is -0.561. The highest BCUT2D eigenvalue weighted by atomic mass is 32.1. The van der Waals surface area contributed by atoms with Crippen molar-refractivity contribution < 1.29 is 9.59 Å². The van der Waals surface area contributed by atoms with E-state index in [2.05, 4.69) is 41.0 Å². The first kappa shape index (κ1) is 20.1. The highest BCUT2D eigenvalue weighted by molar-refractivity contribution is 7.13. The molecule has 2 fully saturated rings. The molecule has 4 rings (SSSR count). The fourth-order valence-corrected chi connectivity index (χ4v) is 5.92. The van der Waals surface area contributed by atoms with Crippen molar-refractivity contribution in [2.45, 2.75) is 44.9 Å². The SMILES string of the molecule is CNC(=O)C1(Cc2ccccc2-c2cccs2)CCCN(C(=O)C2CCCC2)C1.